The number of Topliss-reactive ketones (excluding diaryl/α,β-unsaturated/α-hetero) is 1. The number of ketones is 1. The molecule has 0 aromatic carbocycles. The van der Waals surface area contributed by atoms with Gasteiger partial charge in [0.15, 0.2) is 25.9 Å². The Morgan fingerprint density at radius 1 is 1.48 bits per heavy atom. The van der Waals surface area contributed by atoms with Gasteiger partial charge < -0.3 is 10.6 Å². The number of sulfone groups is 1. The number of alkyl halides is 1. The second kappa shape index (κ2) is 6.15. The van der Waals surface area contributed by atoms with E-state index < -0.39 is 21.3 Å². The van der Waals surface area contributed by atoms with Gasteiger partial charge in [0.25, 0.3) is 0 Å². The molecule has 1 aliphatic heterocycles. The van der Waals surface area contributed by atoms with Gasteiger partial charge in [-0.3, -0.25) is 4.79 Å². The number of thiazole rings is 1. The summed E-state index contributed by atoms with van der Waals surface area (Å²) in [7, 11) is -3.12. The number of hydrogen-bond donors (Lipinski definition) is 2. The van der Waals surface area contributed by atoms with Crippen LogP contribution in [0.25, 0.3) is 0 Å². The highest BCUT2D eigenvalue weighted by molar-refractivity contribution is 7.91. The smallest absolute Gasteiger partial charge is 0.189 e. The van der Waals surface area contributed by atoms with E-state index in [1.54, 1.807) is 6.92 Å². The van der Waals surface area contributed by atoms with Gasteiger partial charge in [-0.25, -0.2) is 13.4 Å². The normalized spacial score (nSPS) is 23.8. The van der Waals surface area contributed by atoms with Gasteiger partial charge in [-0.2, -0.15) is 0 Å². The van der Waals surface area contributed by atoms with Gasteiger partial charge >= 0.3 is 0 Å². The largest absolute Gasteiger partial charge is 0.357 e. The second-order valence-electron chi connectivity index (χ2n) is 4.79. The Kier molecular flexibility index (Phi) is 4.86. The van der Waals surface area contributed by atoms with E-state index in [4.69, 9.17) is 23.8 Å². The first-order valence-corrected chi connectivity index (χ1v) is 9.56. The number of carbonyl (C=O) groups is 1. The molecule has 2 N–H and O–H groups in total. The van der Waals surface area contributed by atoms with Crippen LogP contribution < -0.4 is 10.6 Å². The standard InChI is InChI=1S/C11H14ClN3O3S3/c1-5-9(6(2)16)20-11(13-5)15-10(19)14-8-4-21(17,18)3-7(8)12/h7-8H,3-4H2,1-2H3,(H2,13,14,15,19)/t7-,8-/m0/s1. The number of carbonyl (C=O) groups excluding carboxylic acids is 1. The van der Waals surface area contributed by atoms with Gasteiger partial charge in [-0.05, 0) is 19.1 Å². The number of aryl methyl sites for hydroxylation is 1. The van der Waals surface area contributed by atoms with E-state index in [9.17, 15) is 13.2 Å². The lowest BCUT2D eigenvalue weighted by molar-refractivity contribution is 0.102. The van der Waals surface area contributed by atoms with Crippen molar-refractivity contribution in [3.8, 4) is 0 Å². The third-order valence-corrected chi connectivity index (χ3v) is 6.71. The van der Waals surface area contributed by atoms with E-state index in [2.05, 4.69) is 15.6 Å². The van der Waals surface area contributed by atoms with E-state index in [0.717, 1.165) is 0 Å². The van der Waals surface area contributed by atoms with Crippen molar-refractivity contribution in [2.75, 3.05) is 16.8 Å². The van der Waals surface area contributed by atoms with Crippen LogP contribution in [0.4, 0.5) is 5.13 Å². The lowest BCUT2D eigenvalue weighted by atomic mass is 10.3. The maximum Gasteiger partial charge on any atom is 0.189 e. The van der Waals surface area contributed by atoms with Crippen LogP contribution in [0.5, 0.6) is 0 Å². The molecule has 0 unspecified atom stereocenters. The van der Waals surface area contributed by atoms with Crippen LogP contribution in [0.1, 0.15) is 22.3 Å². The number of hydrogen-bond acceptors (Lipinski definition) is 6. The molecule has 21 heavy (non-hydrogen) atoms. The van der Waals surface area contributed by atoms with Crippen LogP contribution in [-0.4, -0.2) is 47.2 Å². The van der Waals surface area contributed by atoms with Crippen molar-refractivity contribution < 1.29 is 13.2 Å². The van der Waals surface area contributed by atoms with Crippen LogP contribution in [0, 0.1) is 6.92 Å². The molecule has 2 atom stereocenters. The summed E-state index contributed by atoms with van der Waals surface area (Å²) in [5.74, 6) is -0.155. The van der Waals surface area contributed by atoms with Crippen molar-refractivity contribution in [3.05, 3.63) is 10.6 Å². The first kappa shape index (κ1) is 16.6. The van der Waals surface area contributed by atoms with Crippen molar-refractivity contribution in [2.24, 2.45) is 0 Å². The zero-order valence-electron chi connectivity index (χ0n) is 11.3. The molecule has 10 heteroatoms. The quantitative estimate of drug-likeness (QED) is 0.473. The monoisotopic (exact) mass is 367 g/mol. The molecular weight excluding hydrogens is 354 g/mol. The minimum Gasteiger partial charge on any atom is -0.357 e. The molecule has 116 valence electrons. The maximum atomic E-state index is 11.5. The number of aromatic nitrogens is 1. The molecule has 1 fully saturated rings. The Bertz CT molecular complexity index is 686. The van der Waals surface area contributed by atoms with E-state index in [-0.39, 0.29) is 22.4 Å². The van der Waals surface area contributed by atoms with Crippen LogP contribution in [-0.2, 0) is 9.84 Å². The fraction of sp³-hybridized carbons (Fsp3) is 0.545. The minimum atomic E-state index is -3.12. The molecular formula is C11H14ClN3O3S3. The zero-order chi connectivity index (χ0) is 15.8. The third-order valence-electron chi connectivity index (χ3n) is 2.94. The fourth-order valence-corrected chi connectivity index (χ4v) is 5.74. The molecule has 1 aromatic heterocycles. The van der Waals surface area contributed by atoms with E-state index in [1.807, 2.05) is 0 Å². The predicted octanol–water partition coefficient (Wildman–Crippen LogP) is 1.34. The SMILES string of the molecule is CC(=O)c1sc(NC(=S)N[C@H]2CS(=O)(=O)C[C@@H]2Cl)nc1C. The van der Waals surface area contributed by atoms with Crippen LogP contribution in [0.2, 0.25) is 0 Å². The summed E-state index contributed by atoms with van der Waals surface area (Å²) in [5.41, 5.74) is 0.636. The van der Waals surface area contributed by atoms with Gasteiger partial charge in [-0.1, -0.05) is 11.3 Å². The van der Waals surface area contributed by atoms with Gasteiger partial charge in [0, 0.05) is 6.92 Å². The first-order valence-electron chi connectivity index (χ1n) is 6.08. The second-order valence-corrected chi connectivity index (χ2v) is 8.91. The van der Waals surface area contributed by atoms with Crippen LogP contribution >= 0.6 is 35.2 Å². The minimum absolute atomic E-state index is 0.0431. The summed E-state index contributed by atoms with van der Waals surface area (Å²) in [6, 6.07) is -0.426. The Balaban J connectivity index is 1.99. The van der Waals surface area contributed by atoms with E-state index in [0.29, 0.717) is 15.7 Å². The Morgan fingerprint density at radius 2 is 2.14 bits per heavy atom. The molecule has 1 saturated heterocycles. The van der Waals surface area contributed by atoms with Crippen LogP contribution in [0.3, 0.4) is 0 Å². The molecule has 0 radical (unpaired) electrons. The summed E-state index contributed by atoms with van der Waals surface area (Å²) >= 11 is 12.3. The number of rotatable bonds is 3. The number of nitrogens with one attached hydrogen (secondary N) is 2. The lowest BCUT2D eigenvalue weighted by Gasteiger charge is -2.16. The van der Waals surface area contributed by atoms with Gasteiger partial charge in [0.2, 0.25) is 0 Å². The van der Waals surface area contributed by atoms with Gasteiger partial charge in [0.05, 0.1) is 33.5 Å². The molecule has 0 saturated carbocycles. The molecule has 0 bridgehead atoms. The number of thiocarbonyl (C=S) groups is 1. The molecule has 1 aliphatic rings. The Labute approximate surface area is 137 Å². The molecule has 0 amide bonds. The number of nitrogens with zero attached hydrogens (tertiary/aromatic N) is 1. The highest BCUT2D eigenvalue weighted by Crippen LogP contribution is 2.23. The Morgan fingerprint density at radius 3 is 2.62 bits per heavy atom. The summed E-state index contributed by atoms with van der Waals surface area (Å²) < 4.78 is 23.0. The van der Waals surface area contributed by atoms with E-state index in [1.165, 1.54) is 18.3 Å². The maximum absolute atomic E-state index is 11.5. The Hall–Kier alpha value is -0.770. The fourth-order valence-electron chi connectivity index (χ4n) is 2.01. The molecule has 0 spiro atoms. The molecule has 0 aliphatic carbocycles. The van der Waals surface area contributed by atoms with Gasteiger partial charge in [-0.15, -0.1) is 11.6 Å². The topological polar surface area (TPSA) is 88.2 Å². The van der Waals surface area contributed by atoms with Crippen molar-refractivity contribution in [1.29, 1.82) is 0 Å². The number of halogens is 1. The summed E-state index contributed by atoms with van der Waals surface area (Å²) in [6.07, 6.45) is 0. The predicted molar refractivity (Wildman–Crippen MR) is 88.3 cm³/mol. The molecule has 1 aromatic rings. The molecule has 6 nitrogen and oxygen atoms in total. The van der Waals surface area contributed by atoms with Crippen molar-refractivity contribution in [1.82, 2.24) is 10.3 Å². The highest BCUT2D eigenvalue weighted by atomic mass is 35.5. The van der Waals surface area contributed by atoms with Crippen molar-refractivity contribution >= 4 is 61.0 Å². The van der Waals surface area contributed by atoms with Crippen molar-refractivity contribution in [3.63, 3.8) is 0 Å². The number of anilines is 1. The van der Waals surface area contributed by atoms with E-state index >= 15 is 0 Å². The molecule has 2 rings (SSSR count). The van der Waals surface area contributed by atoms with Crippen molar-refractivity contribution in [2.45, 2.75) is 25.3 Å². The molecule has 2 heterocycles. The summed E-state index contributed by atoms with van der Waals surface area (Å²) in [4.78, 5) is 16.1. The van der Waals surface area contributed by atoms with Gasteiger partial charge in [0.1, 0.15) is 0 Å². The van der Waals surface area contributed by atoms with Crippen LogP contribution in [0.15, 0.2) is 0 Å². The third kappa shape index (κ3) is 4.12. The lowest BCUT2D eigenvalue weighted by Crippen LogP contribution is -2.42. The summed E-state index contributed by atoms with van der Waals surface area (Å²) in [5, 5.41) is 5.95. The zero-order valence-corrected chi connectivity index (χ0v) is 14.5. The first-order chi connectivity index (χ1) is 9.68. The average Bonchev–Trinajstić information content (AvgIpc) is 2.79. The highest BCUT2D eigenvalue weighted by Gasteiger charge is 2.36. The average molecular weight is 368 g/mol. The summed E-state index contributed by atoms with van der Waals surface area (Å²) in [6.45, 7) is 3.22.